The zero-order valence-electron chi connectivity index (χ0n) is 18.0. The third kappa shape index (κ3) is 6.34. The van der Waals surface area contributed by atoms with Crippen LogP contribution in [-0.2, 0) is 16.1 Å². The van der Waals surface area contributed by atoms with E-state index in [1.807, 2.05) is 82.3 Å². The molecule has 0 heterocycles. The van der Waals surface area contributed by atoms with Crippen LogP contribution in [0, 0.1) is 11.8 Å². The molecule has 2 aromatic rings. The number of ether oxygens (including phenoxy) is 1. The average molecular weight is 397 g/mol. The summed E-state index contributed by atoms with van der Waals surface area (Å²) in [5, 5.41) is 3.01. The van der Waals surface area contributed by atoms with E-state index in [1.54, 1.807) is 12.0 Å². The molecule has 0 aliphatic carbocycles. The second-order valence-corrected chi connectivity index (χ2v) is 7.92. The van der Waals surface area contributed by atoms with Crippen molar-refractivity contribution in [3.63, 3.8) is 0 Å². The van der Waals surface area contributed by atoms with Crippen LogP contribution in [0.1, 0.15) is 44.9 Å². The maximum absolute atomic E-state index is 13.2. The molecule has 2 rings (SSSR count). The average Bonchev–Trinajstić information content (AvgIpc) is 2.72. The third-order valence-corrected chi connectivity index (χ3v) is 4.65. The zero-order chi connectivity index (χ0) is 21.4. The van der Waals surface area contributed by atoms with Gasteiger partial charge in [0.15, 0.2) is 0 Å². The fourth-order valence-electron chi connectivity index (χ4n) is 3.07. The van der Waals surface area contributed by atoms with Crippen LogP contribution in [-0.4, -0.2) is 30.4 Å². The lowest BCUT2D eigenvalue weighted by molar-refractivity contribution is -0.144. The number of amides is 2. The maximum Gasteiger partial charge on any atom is 0.247 e. The van der Waals surface area contributed by atoms with Gasteiger partial charge in [0.2, 0.25) is 11.8 Å². The topological polar surface area (TPSA) is 58.6 Å². The molecule has 5 nitrogen and oxygen atoms in total. The number of carbonyl (C=O) groups excluding carboxylic acids is 2. The summed E-state index contributed by atoms with van der Waals surface area (Å²) in [6.07, 6.45) is 0. The van der Waals surface area contributed by atoms with Crippen LogP contribution in [0.2, 0.25) is 0 Å². The van der Waals surface area contributed by atoms with Crippen LogP contribution in [0.15, 0.2) is 54.6 Å². The molecule has 0 unspecified atom stereocenters. The number of benzene rings is 2. The second kappa shape index (κ2) is 10.6. The monoisotopic (exact) mass is 396 g/mol. The Labute approximate surface area is 174 Å². The van der Waals surface area contributed by atoms with Crippen molar-refractivity contribution in [3.05, 3.63) is 65.7 Å². The van der Waals surface area contributed by atoms with Crippen molar-refractivity contribution >= 4 is 11.8 Å². The molecule has 0 radical (unpaired) electrons. The first-order valence-electron chi connectivity index (χ1n) is 10.1. The lowest BCUT2D eigenvalue weighted by Crippen LogP contribution is -2.45. The number of nitrogens with one attached hydrogen (secondary N) is 1. The van der Waals surface area contributed by atoms with Crippen molar-refractivity contribution in [2.24, 2.45) is 11.8 Å². The van der Waals surface area contributed by atoms with E-state index in [4.69, 9.17) is 4.74 Å². The van der Waals surface area contributed by atoms with E-state index < -0.39 is 6.04 Å². The molecule has 0 aromatic heterocycles. The van der Waals surface area contributed by atoms with Crippen LogP contribution in [0.4, 0.5) is 0 Å². The van der Waals surface area contributed by atoms with Gasteiger partial charge in [0.1, 0.15) is 11.8 Å². The molecule has 0 aliphatic rings. The highest BCUT2D eigenvalue weighted by Gasteiger charge is 2.32. The summed E-state index contributed by atoms with van der Waals surface area (Å²) >= 11 is 0. The highest BCUT2D eigenvalue weighted by molar-refractivity contribution is 5.89. The molecule has 156 valence electrons. The van der Waals surface area contributed by atoms with Crippen molar-refractivity contribution in [1.29, 1.82) is 0 Å². The fourth-order valence-corrected chi connectivity index (χ4v) is 3.07. The molecule has 1 N–H and O–H groups in total. The Morgan fingerprint density at radius 2 is 1.59 bits per heavy atom. The second-order valence-electron chi connectivity index (χ2n) is 7.92. The van der Waals surface area contributed by atoms with Gasteiger partial charge in [-0.3, -0.25) is 9.59 Å². The van der Waals surface area contributed by atoms with E-state index in [9.17, 15) is 9.59 Å². The minimum Gasteiger partial charge on any atom is -0.497 e. The number of hydrogen-bond donors (Lipinski definition) is 1. The Kier molecular flexibility index (Phi) is 8.25. The zero-order valence-corrected chi connectivity index (χ0v) is 18.0. The van der Waals surface area contributed by atoms with E-state index in [0.29, 0.717) is 19.0 Å². The smallest absolute Gasteiger partial charge is 0.247 e. The number of rotatable bonds is 9. The Morgan fingerprint density at radius 3 is 2.10 bits per heavy atom. The van der Waals surface area contributed by atoms with Crippen molar-refractivity contribution < 1.29 is 14.3 Å². The normalized spacial score (nSPS) is 12.0. The van der Waals surface area contributed by atoms with E-state index in [-0.39, 0.29) is 17.7 Å². The molecule has 29 heavy (non-hydrogen) atoms. The van der Waals surface area contributed by atoms with E-state index in [2.05, 4.69) is 5.32 Å². The van der Waals surface area contributed by atoms with E-state index in [0.717, 1.165) is 16.9 Å². The van der Waals surface area contributed by atoms with Crippen LogP contribution < -0.4 is 10.1 Å². The molecular formula is C24H32N2O3. The molecule has 2 amide bonds. The minimum absolute atomic E-state index is 0.0608. The van der Waals surface area contributed by atoms with Gasteiger partial charge in [0.25, 0.3) is 0 Å². The van der Waals surface area contributed by atoms with Crippen LogP contribution >= 0.6 is 0 Å². The molecule has 0 spiro atoms. The van der Waals surface area contributed by atoms with Gasteiger partial charge in [-0.1, -0.05) is 70.2 Å². The Bertz CT molecular complexity index is 786. The fraction of sp³-hybridized carbons (Fsp3) is 0.417. The van der Waals surface area contributed by atoms with Crippen LogP contribution in [0.3, 0.4) is 0 Å². The predicted molar refractivity (Wildman–Crippen MR) is 115 cm³/mol. The minimum atomic E-state index is -0.688. The molecule has 1 atom stereocenters. The lowest BCUT2D eigenvalue weighted by atomic mass is 10.0. The first-order valence-corrected chi connectivity index (χ1v) is 10.1. The summed E-state index contributed by atoms with van der Waals surface area (Å²) in [5.41, 5.74) is 1.74. The summed E-state index contributed by atoms with van der Waals surface area (Å²) in [6.45, 7) is 8.72. The van der Waals surface area contributed by atoms with Crippen LogP contribution in [0.25, 0.3) is 0 Å². The highest BCUT2D eigenvalue weighted by Crippen LogP contribution is 2.26. The van der Waals surface area contributed by atoms with E-state index in [1.165, 1.54) is 0 Å². The first kappa shape index (κ1) is 22.5. The summed E-state index contributed by atoms with van der Waals surface area (Å²) in [7, 11) is 1.62. The van der Waals surface area contributed by atoms with Crippen LogP contribution in [0.5, 0.6) is 5.75 Å². The Hall–Kier alpha value is -2.82. The Morgan fingerprint density at radius 1 is 0.966 bits per heavy atom. The quantitative estimate of drug-likeness (QED) is 0.691. The number of carbonyl (C=O) groups is 2. The molecule has 0 bridgehead atoms. The Balaban J connectivity index is 2.41. The van der Waals surface area contributed by atoms with Gasteiger partial charge in [0.05, 0.1) is 7.11 Å². The standard InChI is InChI=1S/C24H32N2O3/c1-17(2)15-25-23(27)22(20-9-7-6-8-10-20)26(24(28)18(3)4)16-19-11-13-21(29-5)14-12-19/h6-14,17-18,22H,15-16H2,1-5H3,(H,25,27)/t22-/m1/s1. The van der Waals surface area contributed by atoms with Crippen molar-refractivity contribution in [2.45, 2.75) is 40.3 Å². The van der Waals surface area contributed by atoms with Crippen molar-refractivity contribution in [2.75, 3.05) is 13.7 Å². The van der Waals surface area contributed by atoms with Gasteiger partial charge in [-0.25, -0.2) is 0 Å². The SMILES string of the molecule is COc1ccc(CN(C(=O)C(C)C)[C@@H](C(=O)NCC(C)C)c2ccccc2)cc1. The highest BCUT2D eigenvalue weighted by atomic mass is 16.5. The number of nitrogens with zero attached hydrogens (tertiary/aromatic N) is 1. The summed E-state index contributed by atoms with van der Waals surface area (Å²) < 4.78 is 5.22. The van der Waals surface area contributed by atoms with Gasteiger partial charge >= 0.3 is 0 Å². The predicted octanol–water partition coefficient (Wildman–Crippen LogP) is 4.19. The van der Waals surface area contributed by atoms with Gasteiger partial charge in [0, 0.05) is 19.0 Å². The lowest BCUT2D eigenvalue weighted by Gasteiger charge is -2.33. The third-order valence-electron chi connectivity index (χ3n) is 4.65. The molecule has 0 saturated heterocycles. The maximum atomic E-state index is 13.2. The van der Waals surface area contributed by atoms with Gasteiger partial charge < -0.3 is 15.0 Å². The van der Waals surface area contributed by atoms with Gasteiger partial charge in [-0.2, -0.15) is 0 Å². The molecule has 0 saturated carbocycles. The molecule has 2 aromatic carbocycles. The number of hydrogen-bond acceptors (Lipinski definition) is 3. The van der Waals surface area contributed by atoms with Crippen molar-refractivity contribution in [1.82, 2.24) is 10.2 Å². The molecule has 5 heteroatoms. The largest absolute Gasteiger partial charge is 0.497 e. The first-order chi connectivity index (χ1) is 13.8. The molecule has 0 aliphatic heterocycles. The van der Waals surface area contributed by atoms with Crippen molar-refractivity contribution in [3.8, 4) is 5.75 Å². The number of methoxy groups -OCH3 is 1. The summed E-state index contributed by atoms with van der Waals surface area (Å²) in [5.74, 6) is 0.634. The van der Waals surface area contributed by atoms with Gasteiger partial charge in [-0.05, 0) is 29.2 Å². The summed E-state index contributed by atoms with van der Waals surface area (Å²) in [4.78, 5) is 28.0. The van der Waals surface area contributed by atoms with E-state index >= 15 is 0 Å². The summed E-state index contributed by atoms with van der Waals surface area (Å²) in [6, 6.07) is 16.4. The van der Waals surface area contributed by atoms with Gasteiger partial charge in [-0.15, -0.1) is 0 Å². The molecule has 0 fully saturated rings. The molecular weight excluding hydrogens is 364 g/mol.